The summed E-state index contributed by atoms with van der Waals surface area (Å²) in [5.41, 5.74) is 6.42. The Hall–Kier alpha value is -3.32. The summed E-state index contributed by atoms with van der Waals surface area (Å²) in [6.45, 7) is 2.13. The molecule has 0 heterocycles. The molecule has 0 bridgehead atoms. The normalized spacial score (nSPS) is 11.9. The first-order chi connectivity index (χ1) is 13.3. The molecule has 4 rings (SSSR count). The van der Waals surface area contributed by atoms with Gasteiger partial charge in [0.25, 0.3) is 0 Å². The van der Waals surface area contributed by atoms with Crippen LogP contribution in [-0.4, -0.2) is 5.11 Å². The van der Waals surface area contributed by atoms with E-state index in [-0.39, 0.29) is 5.92 Å². The van der Waals surface area contributed by atoms with E-state index in [1.165, 1.54) is 16.7 Å². The quantitative estimate of drug-likeness (QED) is 0.414. The van der Waals surface area contributed by atoms with Crippen molar-refractivity contribution in [1.82, 2.24) is 0 Å². The van der Waals surface area contributed by atoms with E-state index < -0.39 is 0 Å². The number of phenols is 1. The lowest BCUT2D eigenvalue weighted by Gasteiger charge is -2.23. The predicted molar refractivity (Wildman–Crippen MR) is 112 cm³/mol. The molecule has 0 saturated carbocycles. The highest BCUT2D eigenvalue weighted by Gasteiger charge is 2.22. The first-order valence-corrected chi connectivity index (χ1v) is 9.23. The Morgan fingerprint density at radius 1 is 0.593 bits per heavy atom. The molecule has 0 aliphatic rings. The molecule has 1 nitrogen and oxygen atoms in total. The number of aryl methyl sites for hydroxylation is 1. The summed E-state index contributed by atoms with van der Waals surface area (Å²) in [7, 11) is 0. The second-order valence-electron chi connectivity index (χ2n) is 6.81. The molecule has 0 aliphatic carbocycles. The van der Waals surface area contributed by atoms with Gasteiger partial charge in [-0.05, 0) is 29.2 Å². The van der Waals surface area contributed by atoms with Crippen molar-refractivity contribution in [2.45, 2.75) is 12.8 Å². The fourth-order valence-corrected chi connectivity index (χ4v) is 3.73. The summed E-state index contributed by atoms with van der Waals surface area (Å²) in [5, 5.41) is 11.2. The monoisotopic (exact) mass is 350 g/mol. The van der Waals surface area contributed by atoms with Gasteiger partial charge in [0.2, 0.25) is 0 Å². The summed E-state index contributed by atoms with van der Waals surface area (Å²) in [5.74, 6) is 0.330. The highest BCUT2D eigenvalue weighted by atomic mass is 16.3. The Balaban J connectivity index is 1.93. The summed E-state index contributed by atoms with van der Waals surface area (Å²) in [4.78, 5) is 0. The molecule has 1 N–H and O–H groups in total. The second kappa shape index (κ2) is 7.51. The molecule has 0 saturated heterocycles. The van der Waals surface area contributed by atoms with Gasteiger partial charge in [0.05, 0.1) is 0 Å². The van der Waals surface area contributed by atoms with Crippen molar-refractivity contribution < 1.29 is 5.11 Å². The Kier molecular flexibility index (Phi) is 4.76. The van der Waals surface area contributed by atoms with Crippen molar-refractivity contribution in [3.8, 4) is 16.9 Å². The zero-order valence-electron chi connectivity index (χ0n) is 15.3. The van der Waals surface area contributed by atoms with Gasteiger partial charge in [-0.15, -0.1) is 0 Å². The zero-order chi connectivity index (χ0) is 18.6. The minimum absolute atomic E-state index is 0.0175. The van der Waals surface area contributed by atoms with E-state index in [1.807, 2.05) is 54.6 Å². The van der Waals surface area contributed by atoms with E-state index >= 15 is 0 Å². The molecular formula is C26H22O. The lowest BCUT2D eigenvalue weighted by molar-refractivity contribution is 0.469. The van der Waals surface area contributed by atoms with Gasteiger partial charge in [-0.3, -0.25) is 0 Å². The minimum atomic E-state index is -0.0175. The van der Waals surface area contributed by atoms with E-state index in [9.17, 15) is 5.11 Å². The van der Waals surface area contributed by atoms with Crippen molar-refractivity contribution in [3.05, 3.63) is 125 Å². The average molecular weight is 350 g/mol. The lowest BCUT2D eigenvalue weighted by atomic mass is 9.81. The van der Waals surface area contributed by atoms with Crippen molar-refractivity contribution >= 4 is 0 Å². The van der Waals surface area contributed by atoms with Gasteiger partial charge in [-0.2, -0.15) is 0 Å². The molecular weight excluding hydrogens is 328 g/mol. The topological polar surface area (TPSA) is 20.2 Å². The van der Waals surface area contributed by atoms with Gasteiger partial charge in [0.15, 0.2) is 0 Å². The summed E-state index contributed by atoms with van der Waals surface area (Å²) >= 11 is 0. The molecule has 27 heavy (non-hydrogen) atoms. The highest BCUT2D eigenvalue weighted by Crippen LogP contribution is 2.42. The van der Waals surface area contributed by atoms with Crippen molar-refractivity contribution in [2.24, 2.45) is 0 Å². The SMILES string of the molecule is Cc1ccccc1C(c1ccccc1)c1cccc(-c2ccccc2)c1O. The Morgan fingerprint density at radius 2 is 1.19 bits per heavy atom. The number of hydrogen-bond acceptors (Lipinski definition) is 1. The third kappa shape index (κ3) is 3.37. The molecule has 0 aliphatic heterocycles. The summed E-state index contributed by atoms with van der Waals surface area (Å²) in [6.07, 6.45) is 0. The van der Waals surface area contributed by atoms with Crippen LogP contribution in [0.3, 0.4) is 0 Å². The minimum Gasteiger partial charge on any atom is -0.507 e. The molecule has 0 fully saturated rings. The first kappa shape index (κ1) is 17.1. The molecule has 0 amide bonds. The van der Waals surface area contributed by atoms with Crippen LogP contribution in [0.5, 0.6) is 5.75 Å². The van der Waals surface area contributed by atoms with Gasteiger partial charge < -0.3 is 5.11 Å². The standard InChI is InChI=1S/C26H22O/c1-19-11-8-9-16-22(19)25(21-14-6-3-7-15-21)24-18-10-17-23(26(24)27)20-12-4-2-5-13-20/h2-18,25,27H,1H3. The number of phenolic OH excluding ortho intramolecular Hbond substituents is 1. The molecule has 0 spiro atoms. The van der Waals surface area contributed by atoms with E-state index in [2.05, 4.69) is 55.5 Å². The van der Waals surface area contributed by atoms with E-state index in [0.29, 0.717) is 5.75 Å². The zero-order valence-corrected chi connectivity index (χ0v) is 15.3. The van der Waals surface area contributed by atoms with E-state index in [0.717, 1.165) is 16.7 Å². The van der Waals surface area contributed by atoms with Crippen LogP contribution >= 0.6 is 0 Å². The summed E-state index contributed by atoms with van der Waals surface area (Å²) < 4.78 is 0. The number of hydrogen-bond donors (Lipinski definition) is 1. The van der Waals surface area contributed by atoms with Crippen LogP contribution in [-0.2, 0) is 0 Å². The molecule has 0 aromatic heterocycles. The maximum atomic E-state index is 11.2. The summed E-state index contributed by atoms with van der Waals surface area (Å²) in [6, 6.07) is 34.9. The van der Waals surface area contributed by atoms with Crippen LogP contribution in [0.4, 0.5) is 0 Å². The van der Waals surface area contributed by atoms with Gasteiger partial charge in [-0.25, -0.2) is 0 Å². The van der Waals surface area contributed by atoms with Crippen LogP contribution in [0.1, 0.15) is 28.2 Å². The van der Waals surface area contributed by atoms with Crippen LogP contribution in [0.25, 0.3) is 11.1 Å². The first-order valence-electron chi connectivity index (χ1n) is 9.23. The number of rotatable bonds is 4. The third-order valence-electron chi connectivity index (χ3n) is 5.10. The van der Waals surface area contributed by atoms with Crippen molar-refractivity contribution in [1.29, 1.82) is 0 Å². The van der Waals surface area contributed by atoms with Crippen LogP contribution in [0.2, 0.25) is 0 Å². The molecule has 1 heteroatoms. The molecule has 0 radical (unpaired) electrons. The lowest BCUT2D eigenvalue weighted by Crippen LogP contribution is -2.06. The molecule has 1 atom stereocenters. The molecule has 4 aromatic carbocycles. The van der Waals surface area contributed by atoms with Crippen LogP contribution < -0.4 is 0 Å². The number of benzene rings is 4. The van der Waals surface area contributed by atoms with Crippen LogP contribution in [0, 0.1) is 6.92 Å². The van der Waals surface area contributed by atoms with E-state index in [1.54, 1.807) is 0 Å². The maximum Gasteiger partial charge on any atom is 0.127 e. The largest absolute Gasteiger partial charge is 0.507 e. The highest BCUT2D eigenvalue weighted by molar-refractivity contribution is 5.73. The van der Waals surface area contributed by atoms with Gasteiger partial charge in [0.1, 0.15) is 5.75 Å². The predicted octanol–water partition coefficient (Wildman–Crippen LogP) is 6.55. The average Bonchev–Trinajstić information content (AvgIpc) is 2.72. The van der Waals surface area contributed by atoms with Gasteiger partial charge in [0, 0.05) is 17.0 Å². The maximum absolute atomic E-state index is 11.2. The van der Waals surface area contributed by atoms with E-state index in [4.69, 9.17) is 0 Å². The smallest absolute Gasteiger partial charge is 0.127 e. The Morgan fingerprint density at radius 3 is 1.89 bits per heavy atom. The van der Waals surface area contributed by atoms with Crippen molar-refractivity contribution in [3.63, 3.8) is 0 Å². The van der Waals surface area contributed by atoms with Gasteiger partial charge >= 0.3 is 0 Å². The molecule has 4 aromatic rings. The molecule has 132 valence electrons. The fraction of sp³-hybridized carbons (Fsp3) is 0.0769. The Bertz CT molecular complexity index is 1040. The Labute approximate surface area is 160 Å². The fourth-order valence-electron chi connectivity index (χ4n) is 3.73. The number of aromatic hydroxyl groups is 1. The van der Waals surface area contributed by atoms with Crippen molar-refractivity contribution in [2.75, 3.05) is 0 Å². The third-order valence-corrected chi connectivity index (χ3v) is 5.10. The van der Waals surface area contributed by atoms with Crippen LogP contribution in [0.15, 0.2) is 103 Å². The molecule has 1 unspecified atom stereocenters. The second-order valence-corrected chi connectivity index (χ2v) is 6.81. The van der Waals surface area contributed by atoms with Gasteiger partial charge in [-0.1, -0.05) is 103 Å². The number of para-hydroxylation sites is 1.